The van der Waals surface area contributed by atoms with Gasteiger partial charge in [0.15, 0.2) is 11.5 Å². The molecule has 0 radical (unpaired) electrons. The number of amides is 2. The molecular formula is C15H17NO5. The Morgan fingerprint density at radius 3 is 2.52 bits per heavy atom. The zero-order valence-corrected chi connectivity index (χ0v) is 11.8. The number of rotatable bonds is 6. The summed E-state index contributed by atoms with van der Waals surface area (Å²) in [5.41, 5.74) is 0.487. The van der Waals surface area contributed by atoms with Crippen molar-refractivity contribution in [2.75, 3.05) is 20.3 Å². The van der Waals surface area contributed by atoms with Gasteiger partial charge in [0.1, 0.15) is 12.9 Å². The zero-order valence-electron chi connectivity index (χ0n) is 11.8. The number of carbonyl (C=O) groups is 3. The third-order valence-electron chi connectivity index (χ3n) is 3.28. The first kappa shape index (κ1) is 15.0. The second kappa shape index (κ2) is 6.88. The second-order valence-corrected chi connectivity index (χ2v) is 4.67. The molecule has 0 aromatic heterocycles. The normalized spacial score (nSPS) is 15.0. The number of nitrogens with zero attached hydrogens (tertiary/aromatic N) is 1. The molecule has 112 valence electrons. The van der Waals surface area contributed by atoms with Crippen molar-refractivity contribution in [2.24, 2.45) is 0 Å². The fraction of sp³-hybridized carbons (Fsp3) is 0.400. The number of aldehydes is 1. The lowest BCUT2D eigenvalue weighted by Gasteiger charge is -2.24. The van der Waals surface area contributed by atoms with Gasteiger partial charge in [0.25, 0.3) is 0 Å². The number of hydrogen-bond donors (Lipinski definition) is 0. The van der Waals surface area contributed by atoms with E-state index in [-0.39, 0.29) is 25.0 Å². The van der Waals surface area contributed by atoms with E-state index in [2.05, 4.69) is 0 Å². The Morgan fingerprint density at radius 2 is 1.90 bits per heavy atom. The summed E-state index contributed by atoms with van der Waals surface area (Å²) < 4.78 is 10.7. The molecule has 0 saturated carbocycles. The van der Waals surface area contributed by atoms with Crippen molar-refractivity contribution < 1.29 is 23.9 Å². The monoisotopic (exact) mass is 291 g/mol. The lowest BCUT2D eigenvalue weighted by molar-refractivity contribution is -0.148. The van der Waals surface area contributed by atoms with Crippen LogP contribution in [0, 0.1) is 0 Å². The molecule has 6 nitrogen and oxygen atoms in total. The molecule has 0 bridgehead atoms. The van der Waals surface area contributed by atoms with Gasteiger partial charge < -0.3 is 9.47 Å². The first-order chi connectivity index (χ1) is 10.2. The number of piperidine rings is 1. The van der Waals surface area contributed by atoms with Crippen LogP contribution in [0.1, 0.15) is 29.6 Å². The molecule has 2 amide bonds. The molecule has 1 fully saturated rings. The quantitative estimate of drug-likeness (QED) is 0.585. The molecular weight excluding hydrogens is 274 g/mol. The molecule has 1 heterocycles. The standard InChI is InChI=1S/C15H17NO5/c1-20-13-9-11(10-17)5-6-12(13)21-8-7-16-14(18)3-2-4-15(16)19/h5-6,9-10H,2-4,7-8H2,1H3. The Kier molecular flexibility index (Phi) is 4.92. The molecule has 1 aliphatic heterocycles. The molecule has 1 aliphatic rings. The summed E-state index contributed by atoms with van der Waals surface area (Å²) in [6.45, 7) is 0.407. The largest absolute Gasteiger partial charge is 0.493 e. The van der Waals surface area contributed by atoms with Gasteiger partial charge in [-0.1, -0.05) is 0 Å². The minimum atomic E-state index is -0.155. The first-order valence-electron chi connectivity index (χ1n) is 6.75. The van der Waals surface area contributed by atoms with Crippen molar-refractivity contribution in [1.29, 1.82) is 0 Å². The van der Waals surface area contributed by atoms with Crippen molar-refractivity contribution in [1.82, 2.24) is 4.90 Å². The lowest BCUT2D eigenvalue weighted by atomic mass is 10.1. The van der Waals surface area contributed by atoms with Crippen molar-refractivity contribution in [3.05, 3.63) is 23.8 Å². The Bertz CT molecular complexity index is 539. The van der Waals surface area contributed by atoms with Crippen LogP contribution in [-0.4, -0.2) is 43.3 Å². The van der Waals surface area contributed by atoms with E-state index >= 15 is 0 Å². The number of methoxy groups -OCH3 is 1. The SMILES string of the molecule is COc1cc(C=O)ccc1OCCN1C(=O)CCCC1=O. The topological polar surface area (TPSA) is 72.9 Å². The van der Waals surface area contributed by atoms with Crippen LogP contribution in [0.25, 0.3) is 0 Å². The minimum absolute atomic E-state index is 0.155. The van der Waals surface area contributed by atoms with Crippen molar-refractivity contribution in [3.63, 3.8) is 0 Å². The van der Waals surface area contributed by atoms with Crippen LogP contribution in [0.5, 0.6) is 11.5 Å². The van der Waals surface area contributed by atoms with E-state index in [9.17, 15) is 14.4 Å². The average molecular weight is 291 g/mol. The molecule has 1 aromatic rings. The summed E-state index contributed by atoms with van der Waals surface area (Å²) in [6, 6.07) is 4.81. The first-order valence-corrected chi connectivity index (χ1v) is 6.75. The highest BCUT2D eigenvalue weighted by atomic mass is 16.5. The van der Waals surface area contributed by atoms with E-state index in [1.807, 2.05) is 0 Å². The highest BCUT2D eigenvalue weighted by molar-refractivity contribution is 5.97. The zero-order chi connectivity index (χ0) is 15.2. The van der Waals surface area contributed by atoms with E-state index in [4.69, 9.17) is 9.47 Å². The summed E-state index contributed by atoms with van der Waals surface area (Å²) in [6.07, 6.45) is 2.15. The van der Waals surface area contributed by atoms with Gasteiger partial charge in [-0.05, 0) is 24.6 Å². The molecule has 1 saturated heterocycles. The number of carbonyl (C=O) groups excluding carboxylic acids is 3. The number of ether oxygens (including phenoxy) is 2. The number of benzene rings is 1. The van der Waals surface area contributed by atoms with Gasteiger partial charge in [-0.25, -0.2) is 0 Å². The van der Waals surface area contributed by atoms with Crippen molar-refractivity contribution in [2.45, 2.75) is 19.3 Å². The van der Waals surface area contributed by atoms with Gasteiger partial charge >= 0.3 is 0 Å². The van der Waals surface area contributed by atoms with Crippen LogP contribution in [0.3, 0.4) is 0 Å². The van der Waals surface area contributed by atoms with E-state index in [1.165, 1.54) is 12.0 Å². The fourth-order valence-corrected chi connectivity index (χ4v) is 2.17. The Balaban J connectivity index is 1.95. The summed E-state index contributed by atoms with van der Waals surface area (Å²) >= 11 is 0. The molecule has 21 heavy (non-hydrogen) atoms. The van der Waals surface area contributed by atoms with Crippen LogP contribution in [0.2, 0.25) is 0 Å². The fourth-order valence-electron chi connectivity index (χ4n) is 2.17. The van der Waals surface area contributed by atoms with E-state index in [1.54, 1.807) is 18.2 Å². The molecule has 0 aliphatic carbocycles. The second-order valence-electron chi connectivity index (χ2n) is 4.67. The van der Waals surface area contributed by atoms with Crippen molar-refractivity contribution >= 4 is 18.1 Å². The molecule has 0 unspecified atom stereocenters. The van der Waals surface area contributed by atoms with Crippen LogP contribution in [0.4, 0.5) is 0 Å². The minimum Gasteiger partial charge on any atom is -0.493 e. The maximum absolute atomic E-state index is 11.6. The number of imide groups is 1. The highest BCUT2D eigenvalue weighted by Crippen LogP contribution is 2.27. The summed E-state index contributed by atoms with van der Waals surface area (Å²) in [5, 5.41) is 0. The predicted molar refractivity (Wildman–Crippen MR) is 74.4 cm³/mol. The van der Waals surface area contributed by atoms with E-state index < -0.39 is 0 Å². The van der Waals surface area contributed by atoms with Crippen LogP contribution < -0.4 is 9.47 Å². The Morgan fingerprint density at radius 1 is 1.19 bits per heavy atom. The van der Waals surface area contributed by atoms with Gasteiger partial charge in [0.2, 0.25) is 11.8 Å². The molecule has 0 spiro atoms. The molecule has 2 rings (SSSR count). The smallest absolute Gasteiger partial charge is 0.229 e. The van der Waals surface area contributed by atoms with Gasteiger partial charge in [-0.3, -0.25) is 19.3 Å². The van der Waals surface area contributed by atoms with Crippen LogP contribution in [-0.2, 0) is 9.59 Å². The maximum Gasteiger partial charge on any atom is 0.229 e. The Hall–Kier alpha value is -2.37. The lowest BCUT2D eigenvalue weighted by Crippen LogP contribution is -2.42. The van der Waals surface area contributed by atoms with Crippen molar-refractivity contribution in [3.8, 4) is 11.5 Å². The van der Waals surface area contributed by atoms with Gasteiger partial charge in [-0.15, -0.1) is 0 Å². The molecule has 0 atom stereocenters. The summed E-state index contributed by atoms with van der Waals surface area (Å²) in [4.78, 5) is 35.2. The average Bonchev–Trinajstić information content (AvgIpc) is 2.50. The number of hydrogen-bond acceptors (Lipinski definition) is 5. The summed E-state index contributed by atoms with van der Waals surface area (Å²) in [7, 11) is 1.48. The Labute approximate surface area is 122 Å². The van der Waals surface area contributed by atoms with Crippen LogP contribution >= 0.6 is 0 Å². The third kappa shape index (κ3) is 3.59. The third-order valence-corrected chi connectivity index (χ3v) is 3.28. The number of likely N-dealkylation sites (tertiary alicyclic amines) is 1. The molecule has 1 aromatic carbocycles. The molecule has 0 N–H and O–H groups in total. The van der Waals surface area contributed by atoms with E-state index in [0.717, 1.165) is 6.29 Å². The van der Waals surface area contributed by atoms with Gasteiger partial charge in [0.05, 0.1) is 13.7 Å². The highest BCUT2D eigenvalue weighted by Gasteiger charge is 2.25. The van der Waals surface area contributed by atoms with Crippen LogP contribution in [0.15, 0.2) is 18.2 Å². The molecule has 6 heteroatoms. The predicted octanol–water partition coefficient (Wildman–Crippen LogP) is 1.43. The van der Waals surface area contributed by atoms with E-state index in [0.29, 0.717) is 36.3 Å². The maximum atomic E-state index is 11.6. The summed E-state index contributed by atoms with van der Waals surface area (Å²) in [5.74, 6) is 0.604. The van der Waals surface area contributed by atoms with Gasteiger partial charge in [-0.2, -0.15) is 0 Å². The van der Waals surface area contributed by atoms with Gasteiger partial charge in [0, 0.05) is 18.4 Å².